The highest BCUT2D eigenvalue weighted by Crippen LogP contribution is 2.53. The maximum absolute atomic E-state index is 12.6. The molecule has 0 aromatic carbocycles. The van der Waals surface area contributed by atoms with Crippen LogP contribution in [0.3, 0.4) is 0 Å². The molecule has 23 heavy (non-hydrogen) atoms. The summed E-state index contributed by atoms with van der Waals surface area (Å²) < 4.78 is 5.34. The first-order chi connectivity index (χ1) is 11.3. The topological polar surface area (TPSA) is 70.9 Å². The van der Waals surface area contributed by atoms with Crippen LogP contribution >= 0.6 is 0 Å². The first-order valence-electron chi connectivity index (χ1n) is 8.66. The molecule has 6 rings (SSSR count). The highest BCUT2D eigenvalue weighted by Gasteiger charge is 2.48. The lowest BCUT2D eigenvalue weighted by atomic mass is 9.54. The Hall–Kier alpha value is -2.04. The predicted octanol–water partition coefficient (Wildman–Crippen LogP) is 3.22. The monoisotopic (exact) mass is 311 g/mol. The van der Waals surface area contributed by atoms with Gasteiger partial charge in [0, 0.05) is 12.1 Å². The summed E-state index contributed by atoms with van der Waals surface area (Å²) in [7, 11) is 0. The van der Waals surface area contributed by atoms with E-state index in [-0.39, 0.29) is 5.91 Å². The second-order valence-corrected chi connectivity index (χ2v) is 7.57. The smallest absolute Gasteiger partial charge is 0.272 e. The van der Waals surface area contributed by atoms with Crippen LogP contribution < -0.4 is 5.32 Å². The van der Waals surface area contributed by atoms with Crippen molar-refractivity contribution in [2.24, 2.45) is 23.7 Å². The molecule has 2 N–H and O–H groups in total. The molecule has 0 saturated heterocycles. The van der Waals surface area contributed by atoms with E-state index in [1.165, 1.54) is 32.1 Å². The highest BCUT2D eigenvalue weighted by molar-refractivity contribution is 5.93. The van der Waals surface area contributed by atoms with Crippen LogP contribution in [0.1, 0.15) is 42.6 Å². The molecule has 2 heterocycles. The van der Waals surface area contributed by atoms with Crippen molar-refractivity contribution < 1.29 is 9.21 Å². The lowest BCUT2D eigenvalue weighted by molar-refractivity contribution is -0.0120. The Morgan fingerprint density at radius 1 is 1.17 bits per heavy atom. The number of aromatic amines is 1. The molecule has 4 aliphatic carbocycles. The molecule has 0 unspecified atom stereocenters. The fourth-order valence-electron chi connectivity index (χ4n) is 5.38. The first-order valence-corrected chi connectivity index (χ1v) is 8.66. The lowest BCUT2D eigenvalue weighted by Gasteiger charge is -2.54. The molecule has 5 nitrogen and oxygen atoms in total. The van der Waals surface area contributed by atoms with E-state index >= 15 is 0 Å². The summed E-state index contributed by atoms with van der Waals surface area (Å²) in [6.45, 7) is 0. The van der Waals surface area contributed by atoms with Gasteiger partial charge in [-0.3, -0.25) is 9.89 Å². The minimum absolute atomic E-state index is 0.0588. The second kappa shape index (κ2) is 4.98. The van der Waals surface area contributed by atoms with Crippen molar-refractivity contribution in [3.8, 4) is 11.5 Å². The van der Waals surface area contributed by atoms with Crippen LogP contribution in [0.15, 0.2) is 28.9 Å². The fourth-order valence-corrected chi connectivity index (χ4v) is 5.38. The standard InChI is InChI=1S/C18H21N3O2/c22-18(15-9-14(20-21-15)16-2-1-3-23-16)19-17-12-5-10-4-11(7-12)8-13(17)6-10/h1-3,9-13,17H,4-8H2,(H,19,22)(H,20,21). The van der Waals surface area contributed by atoms with Crippen molar-refractivity contribution in [3.63, 3.8) is 0 Å². The van der Waals surface area contributed by atoms with Crippen LogP contribution in [0.5, 0.6) is 0 Å². The summed E-state index contributed by atoms with van der Waals surface area (Å²) in [4.78, 5) is 12.6. The molecule has 0 radical (unpaired) electrons. The number of nitrogens with zero attached hydrogens (tertiary/aromatic N) is 1. The van der Waals surface area contributed by atoms with Crippen molar-refractivity contribution in [1.29, 1.82) is 0 Å². The van der Waals surface area contributed by atoms with E-state index in [1.807, 2.05) is 12.1 Å². The zero-order valence-corrected chi connectivity index (χ0v) is 13.0. The summed E-state index contributed by atoms with van der Waals surface area (Å²) in [5.74, 6) is 3.84. The third-order valence-electron chi connectivity index (χ3n) is 6.12. The fraction of sp³-hybridized carbons (Fsp3) is 0.556. The van der Waals surface area contributed by atoms with Gasteiger partial charge in [0.15, 0.2) is 11.5 Å². The van der Waals surface area contributed by atoms with E-state index in [2.05, 4.69) is 15.5 Å². The van der Waals surface area contributed by atoms with E-state index < -0.39 is 0 Å². The van der Waals surface area contributed by atoms with Crippen LogP contribution in [0.2, 0.25) is 0 Å². The summed E-state index contributed by atoms with van der Waals surface area (Å²) in [6.07, 6.45) is 8.25. The van der Waals surface area contributed by atoms with Gasteiger partial charge in [-0.05, 0) is 67.9 Å². The van der Waals surface area contributed by atoms with Crippen molar-refractivity contribution in [1.82, 2.24) is 15.5 Å². The van der Waals surface area contributed by atoms with Crippen LogP contribution in [0, 0.1) is 23.7 Å². The zero-order chi connectivity index (χ0) is 15.4. The summed E-state index contributed by atoms with van der Waals surface area (Å²) >= 11 is 0. The average Bonchev–Trinajstić information content (AvgIpc) is 3.20. The summed E-state index contributed by atoms with van der Waals surface area (Å²) in [5, 5.41) is 10.3. The van der Waals surface area contributed by atoms with Crippen LogP contribution in [-0.4, -0.2) is 22.1 Å². The number of nitrogens with one attached hydrogen (secondary N) is 2. The van der Waals surface area contributed by atoms with E-state index in [9.17, 15) is 4.79 Å². The van der Waals surface area contributed by atoms with Crippen LogP contribution in [0.4, 0.5) is 0 Å². The van der Waals surface area contributed by atoms with Crippen molar-refractivity contribution in [2.75, 3.05) is 0 Å². The molecule has 4 saturated carbocycles. The molecule has 120 valence electrons. The minimum atomic E-state index is -0.0588. The van der Waals surface area contributed by atoms with E-state index in [0.717, 1.165) is 17.5 Å². The van der Waals surface area contributed by atoms with E-state index in [1.54, 1.807) is 12.3 Å². The Morgan fingerprint density at radius 3 is 2.57 bits per heavy atom. The van der Waals surface area contributed by atoms with Gasteiger partial charge in [0.1, 0.15) is 5.69 Å². The second-order valence-electron chi connectivity index (χ2n) is 7.57. The van der Waals surface area contributed by atoms with Crippen LogP contribution in [-0.2, 0) is 0 Å². The molecule has 4 aliphatic rings. The van der Waals surface area contributed by atoms with E-state index in [4.69, 9.17) is 4.42 Å². The number of H-pyrrole nitrogens is 1. The van der Waals surface area contributed by atoms with E-state index in [0.29, 0.717) is 29.3 Å². The molecule has 5 heteroatoms. The Morgan fingerprint density at radius 2 is 1.91 bits per heavy atom. The summed E-state index contributed by atoms with van der Waals surface area (Å²) in [6, 6.07) is 5.79. The molecular weight excluding hydrogens is 290 g/mol. The Balaban J connectivity index is 1.32. The van der Waals surface area contributed by atoms with Crippen LogP contribution in [0.25, 0.3) is 11.5 Å². The zero-order valence-electron chi connectivity index (χ0n) is 13.0. The van der Waals surface area contributed by atoms with Gasteiger partial charge in [-0.25, -0.2) is 0 Å². The number of furan rings is 1. The van der Waals surface area contributed by atoms with Gasteiger partial charge >= 0.3 is 0 Å². The lowest BCUT2D eigenvalue weighted by Crippen LogP contribution is -2.55. The predicted molar refractivity (Wildman–Crippen MR) is 84.6 cm³/mol. The Labute approximate surface area is 134 Å². The summed E-state index contributed by atoms with van der Waals surface area (Å²) in [5.41, 5.74) is 1.19. The largest absolute Gasteiger partial charge is 0.463 e. The Kier molecular flexibility index (Phi) is 2.90. The maximum atomic E-state index is 12.6. The first kappa shape index (κ1) is 13.4. The van der Waals surface area contributed by atoms with Crippen molar-refractivity contribution >= 4 is 5.91 Å². The minimum Gasteiger partial charge on any atom is -0.463 e. The molecule has 4 bridgehead atoms. The molecule has 0 aliphatic heterocycles. The maximum Gasteiger partial charge on any atom is 0.272 e. The van der Waals surface area contributed by atoms with Gasteiger partial charge in [0.05, 0.1) is 6.26 Å². The van der Waals surface area contributed by atoms with Gasteiger partial charge < -0.3 is 9.73 Å². The molecular formula is C18H21N3O2. The van der Waals surface area contributed by atoms with Gasteiger partial charge in [-0.15, -0.1) is 0 Å². The molecule has 2 aromatic heterocycles. The number of carbonyl (C=O) groups is 1. The van der Waals surface area contributed by atoms with Gasteiger partial charge in [0.2, 0.25) is 0 Å². The quantitative estimate of drug-likeness (QED) is 0.914. The van der Waals surface area contributed by atoms with Gasteiger partial charge in [-0.2, -0.15) is 5.10 Å². The van der Waals surface area contributed by atoms with Crippen molar-refractivity contribution in [2.45, 2.75) is 38.1 Å². The molecule has 0 spiro atoms. The number of hydrogen-bond acceptors (Lipinski definition) is 3. The molecule has 4 fully saturated rings. The number of hydrogen-bond donors (Lipinski definition) is 2. The van der Waals surface area contributed by atoms with Crippen molar-refractivity contribution in [3.05, 3.63) is 30.2 Å². The SMILES string of the molecule is O=C(NC1C2CC3CC(C2)CC1C3)c1cc(-c2ccco2)[nH]n1. The highest BCUT2D eigenvalue weighted by atomic mass is 16.3. The third-order valence-corrected chi connectivity index (χ3v) is 6.12. The number of aromatic nitrogens is 2. The normalized spacial score (nSPS) is 34.7. The molecule has 2 aromatic rings. The number of carbonyl (C=O) groups excluding carboxylic acids is 1. The molecule has 0 atom stereocenters. The number of amides is 1. The average molecular weight is 311 g/mol. The third kappa shape index (κ3) is 2.21. The van der Waals surface area contributed by atoms with Gasteiger partial charge in [0.25, 0.3) is 5.91 Å². The molecule has 1 amide bonds. The van der Waals surface area contributed by atoms with Gasteiger partial charge in [-0.1, -0.05) is 0 Å². The Bertz CT molecular complexity index is 690. The number of rotatable bonds is 3.